The van der Waals surface area contributed by atoms with E-state index in [9.17, 15) is 4.79 Å². The lowest BCUT2D eigenvalue weighted by molar-refractivity contribution is 0.0931. The highest BCUT2D eigenvalue weighted by molar-refractivity contribution is 6.34. The van der Waals surface area contributed by atoms with E-state index >= 15 is 0 Å². The minimum Gasteiger partial charge on any atom is -0.396 e. The van der Waals surface area contributed by atoms with Crippen molar-refractivity contribution in [1.29, 1.82) is 0 Å². The molecular formula is C15H17ClN2O2. The van der Waals surface area contributed by atoms with Crippen molar-refractivity contribution in [1.82, 2.24) is 10.3 Å². The van der Waals surface area contributed by atoms with E-state index in [0.717, 1.165) is 17.2 Å². The second kappa shape index (κ2) is 6.68. The summed E-state index contributed by atoms with van der Waals surface area (Å²) < 4.78 is 0. The molecule has 1 aromatic heterocycles. The first-order valence-electron chi connectivity index (χ1n) is 6.59. The van der Waals surface area contributed by atoms with Crippen molar-refractivity contribution in [2.75, 3.05) is 6.61 Å². The van der Waals surface area contributed by atoms with Crippen molar-refractivity contribution < 1.29 is 9.90 Å². The molecule has 106 valence electrons. The van der Waals surface area contributed by atoms with Gasteiger partial charge in [-0.15, -0.1) is 0 Å². The number of aliphatic hydroxyl groups is 1. The highest BCUT2D eigenvalue weighted by Crippen LogP contribution is 2.22. The maximum Gasteiger partial charge on any atom is 0.270 e. The Morgan fingerprint density at radius 2 is 2.20 bits per heavy atom. The summed E-state index contributed by atoms with van der Waals surface area (Å²) in [6.45, 7) is 2.02. The average Bonchev–Trinajstić information content (AvgIpc) is 2.45. The third-order valence-corrected chi connectivity index (χ3v) is 3.39. The number of aromatic nitrogens is 1. The smallest absolute Gasteiger partial charge is 0.270 e. The molecule has 0 aliphatic rings. The number of nitrogens with zero attached hydrogens (tertiary/aromatic N) is 1. The lowest BCUT2D eigenvalue weighted by Gasteiger charge is -2.13. The summed E-state index contributed by atoms with van der Waals surface area (Å²) in [6.07, 6.45) is 1.39. The molecule has 1 amide bonds. The molecule has 2 rings (SSSR count). The first kappa shape index (κ1) is 14.8. The van der Waals surface area contributed by atoms with Gasteiger partial charge in [0, 0.05) is 18.0 Å². The molecule has 0 fully saturated rings. The molecule has 0 saturated carbocycles. The summed E-state index contributed by atoms with van der Waals surface area (Å²) in [7, 11) is 0. The zero-order valence-electron chi connectivity index (χ0n) is 11.3. The first-order valence-corrected chi connectivity index (χ1v) is 6.96. The Balaban J connectivity index is 2.18. The second-order valence-electron chi connectivity index (χ2n) is 4.76. The van der Waals surface area contributed by atoms with E-state index in [1.54, 1.807) is 6.07 Å². The summed E-state index contributed by atoms with van der Waals surface area (Å²) in [5, 5.41) is 13.7. The lowest BCUT2D eigenvalue weighted by atomic mass is 10.1. The number of hydrogen-bond donors (Lipinski definition) is 2. The molecule has 4 nitrogen and oxygen atoms in total. The molecule has 1 atom stereocenters. The van der Waals surface area contributed by atoms with Crippen LogP contribution < -0.4 is 5.32 Å². The van der Waals surface area contributed by atoms with E-state index in [1.807, 2.05) is 31.2 Å². The third kappa shape index (κ3) is 3.46. The topological polar surface area (TPSA) is 62.2 Å². The first-order chi connectivity index (χ1) is 9.61. The maximum atomic E-state index is 12.1. The van der Waals surface area contributed by atoms with Crippen molar-refractivity contribution in [2.45, 2.75) is 25.8 Å². The number of pyridine rings is 1. The zero-order chi connectivity index (χ0) is 14.5. The van der Waals surface area contributed by atoms with Crippen LogP contribution in [0, 0.1) is 0 Å². The second-order valence-corrected chi connectivity index (χ2v) is 5.12. The van der Waals surface area contributed by atoms with E-state index in [4.69, 9.17) is 16.7 Å². The van der Waals surface area contributed by atoms with Crippen LogP contribution in [0.3, 0.4) is 0 Å². The number of hydrogen-bond acceptors (Lipinski definition) is 3. The fourth-order valence-electron chi connectivity index (χ4n) is 2.04. The van der Waals surface area contributed by atoms with Crippen LogP contribution in [0.4, 0.5) is 0 Å². The van der Waals surface area contributed by atoms with Gasteiger partial charge in [0.2, 0.25) is 0 Å². The van der Waals surface area contributed by atoms with Gasteiger partial charge in [-0.1, -0.05) is 35.9 Å². The number of carbonyl (C=O) groups is 1. The molecule has 0 aliphatic heterocycles. The van der Waals surface area contributed by atoms with Crippen LogP contribution in [0.2, 0.25) is 5.15 Å². The molecule has 0 aliphatic carbocycles. The molecule has 20 heavy (non-hydrogen) atoms. The highest BCUT2D eigenvalue weighted by Gasteiger charge is 2.13. The molecule has 0 saturated heterocycles. The quantitative estimate of drug-likeness (QED) is 0.833. The van der Waals surface area contributed by atoms with Crippen LogP contribution in [0.15, 0.2) is 30.3 Å². The molecule has 1 unspecified atom stereocenters. The van der Waals surface area contributed by atoms with Crippen molar-refractivity contribution >= 4 is 28.3 Å². The highest BCUT2D eigenvalue weighted by atomic mass is 35.5. The summed E-state index contributed by atoms with van der Waals surface area (Å²) in [5.41, 5.74) is 0.310. The predicted octanol–water partition coefficient (Wildman–Crippen LogP) is 2.78. The van der Waals surface area contributed by atoms with Gasteiger partial charge in [0.05, 0.1) is 0 Å². The molecule has 2 N–H and O–H groups in total. The van der Waals surface area contributed by atoms with Gasteiger partial charge in [0.15, 0.2) is 0 Å². The Morgan fingerprint density at radius 3 is 2.95 bits per heavy atom. The molecular weight excluding hydrogens is 276 g/mol. The van der Waals surface area contributed by atoms with Gasteiger partial charge >= 0.3 is 0 Å². The minimum atomic E-state index is -0.247. The third-order valence-electron chi connectivity index (χ3n) is 3.10. The minimum absolute atomic E-state index is 0.0123. The molecule has 5 heteroatoms. The zero-order valence-corrected chi connectivity index (χ0v) is 12.0. The van der Waals surface area contributed by atoms with Gasteiger partial charge in [0.25, 0.3) is 5.91 Å². The van der Waals surface area contributed by atoms with Crippen LogP contribution >= 0.6 is 11.6 Å². The Morgan fingerprint density at radius 1 is 1.45 bits per heavy atom. The van der Waals surface area contributed by atoms with E-state index in [2.05, 4.69) is 10.3 Å². The van der Waals surface area contributed by atoms with Gasteiger partial charge < -0.3 is 10.4 Å². The number of benzene rings is 1. The number of carbonyl (C=O) groups excluding carboxylic acids is 1. The van der Waals surface area contributed by atoms with E-state index in [0.29, 0.717) is 17.3 Å². The number of amides is 1. The number of aliphatic hydroxyl groups excluding tert-OH is 1. The Bertz CT molecular complexity index is 616. The summed E-state index contributed by atoms with van der Waals surface area (Å²) in [6, 6.07) is 9.26. The fourth-order valence-corrected chi connectivity index (χ4v) is 2.30. The van der Waals surface area contributed by atoms with Gasteiger partial charge in [-0.2, -0.15) is 0 Å². The largest absolute Gasteiger partial charge is 0.396 e. The van der Waals surface area contributed by atoms with Crippen molar-refractivity contribution in [3.8, 4) is 0 Å². The normalized spacial score (nSPS) is 12.3. The van der Waals surface area contributed by atoms with E-state index < -0.39 is 0 Å². The predicted molar refractivity (Wildman–Crippen MR) is 80.0 cm³/mol. The van der Waals surface area contributed by atoms with Gasteiger partial charge in [-0.25, -0.2) is 4.98 Å². The Kier molecular flexibility index (Phi) is 4.93. The van der Waals surface area contributed by atoms with Crippen LogP contribution in [-0.4, -0.2) is 28.6 Å². The standard InChI is InChI=1S/C15H17ClN2O2/c1-10(5-4-8-19)17-15(20)13-9-11-6-2-3-7-12(11)14(16)18-13/h2-3,6-7,9-10,19H,4-5,8H2,1H3,(H,17,20). The Labute approximate surface area is 122 Å². The summed E-state index contributed by atoms with van der Waals surface area (Å²) in [5.74, 6) is -0.247. The van der Waals surface area contributed by atoms with Crippen LogP contribution in [0.25, 0.3) is 10.8 Å². The molecule has 0 spiro atoms. The van der Waals surface area contributed by atoms with Crippen molar-refractivity contribution in [3.05, 3.63) is 41.2 Å². The molecule has 0 radical (unpaired) electrons. The SMILES string of the molecule is CC(CCCO)NC(=O)c1cc2ccccc2c(Cl)n1. The fraction of sp³-hybridized carbons (Fsp3) is 0.333. The molecule has 1 aromatic carbocycles. The number of fused-ring (bicyclic) bond motifs is 1. The Hall–Kier alpha value is -1.65. The van der Waals surface area contributed by atoms with Crippen LogP contribution in [-0.2, 0) is 0 Å². The van der Waals surface area contributed by atoms with Gasteiger partial charge in [-0.3, -0.25) is 4.79 Å². The average molecular weight is 293 g/mol. The molecule has 2 aromatic rings. The summed E-state index contributed by atoms with van der Waals surface area (Å²) in [4.78, 5) is 16.3. The number of rotatable bonds is 5. The summed E-state index contributed by atoms with van der Waals surface area (Å²) >= 11 is 6.10. The molecule has 1 heterocycles. The number of halogens is 1. The van der Waals surface area contributed by atoms with Gasteiger partial charge in [0.1, 0.15) is 10.8 Å². The van der Waals surface area contributed by atoms with E-state index in [-0.39, 0.29) is 18.6 Å². The van der Waals surface area contributed by atoms with Crippen LogP contribution in [0.5, 0.6) is 0 Å². The van der Waals surface area contributed by atoms with Crippen molar-refractivity contribution in [2.24, 2.45) is 0 Å². The monoisotopic (exact) mass is 292 g/mol. The maximum absolute atomic E-state index is 12.1. The van der Waals surface area contributed by atoms with Gasteiger partial charge in [-0.05, 0) is 31.2 Å². The molecule has 0 bridgehead atoms. The van der Waals surface area contributed by atoms with Crippen molar-refractivity contribution in [3.63, 3.8) is 0 Å². The van der Waals surface area contributed by atoms with Crippen LogP contribution in [0.1, 0.15) is 30.3 Å². The lowest BCUT2D eigenvalue weighted by Crippen LogP contribution is -2.33. The number of nitrogens with one attached hydrogen (secondary N) is 1. The van der Waals surface area contributed by atoms with E-state index in [1.165, 1.54) is 0 Å².